The Morgan fingerprint density at radius 3 is 2.60 bits per heavy atom. The maximum absolute atomic E-state index is 12.9. The number of hydrogen-bond acceptors (Lipinski definition) is 4. The minimum absolute atomic E-state index is 0.106. The Bertz CT molecular complexity index is 597. The van der Waals surface area contributed by atoms with Gasteiger partial charge in [-0.15, -0.1) is 0 Å². The molecule has 0 aliphatic carbocycles. The summed E-state index contributed by atoms with van der Waals surface area (Å²) in [6, 6.07) is -0.384. The molecular formula is C12H21ClN4O2S. The number of rotatable bonds is 3. The Balaban J connectivity index is 2.48. The van der Waals surface area contributed by atoms with Crippen LogP contribution in [0.2, 0.25) is 5.15 Å². The summed E-state index contributed by atoms with van der Waals surface area (Å²) >= 11 is 6.11. The number of aromatic nitrogens is 2. The molecule has 0 aromatic carbocycles. The first kappa shape index (κ1) is 15.8. The van der Waals surface area contributed by atoms with Crippen molar-refractivity contribution < 1.29 is 8.42 Å². The van der Waals surface area contributed by atoms with E-state index in [-0.39, 0.29) is 22.1 Å². The summed E-state index contributed by atoms with van der Waals surface area (Å²) in [5, 5.41) is 4.24. The van der Waals surface area contributed by atoms with E-state index in [2.05, 4.69) is 5.10 Å². The second-order valence-electron chi connectivity index (χ2n) is 5.37. The van der Waals surface area contributed by atoms with Gasteiger partial charge in [-0.2, -0.15) is 9.40 Å². The van der Waals surface area contributed by atoms with Crippen LogP contribution in [0.25, 0.3) is 0 Å². The highest BCUT2D eigenvalue weighted by Crippen LogP contribution is 2.32. The lowest BCUT2D eigenvalue weighted by Crippen LogP contribution is -2.51. The SMILES string of the molecule is Cc1nn(C)c(Cl)c1S(=O)(=O)N1CCCC[C@H]1[C@@H](C)N. The van der Waals surface area contributed by atoms with E-state index in [4.69, 9.17) is 17.3 Å². The molecule has 1 aliphatic rings. The van der Waals surface area contributed by atoms with Crippen molar-refractivity contribution in [1.82, 2.24) is 14.1 Å². The topological polar surface area (TPSA) is 81.2 Å². The molecule has 0 unspecified atom stereocenters. The molecule has 1 aliphatic heterocycles. The molecule has 1 aromatic heterocycles. The minimum Gasteiger partial charge on any atom is -0.326 e. The summed E-state index contributed by atoms with van der Waals surface area (Å²) in [7, 11) is -2.03. The first-order chi connectivity index (χ1) is 9.26. The zero-order valence-corrected chi connectivity index (χ0v) is 13.6. The normalized spacial score (nSPS) is 22.9. The number of halogens is 1. The predicted molar refractivity (Wildman–Crippen MR) is 78.1 cm³/mol. The van der Waals surface area contributed by atoms with E-state index >= 15 is 0 Å². The van der Waals surface area contributed by atoms with Crippen LogP contribution < -0.4 is 5.73 Å². The Kier molecular flexibility index (Phi) is 4.44. The van der Waals surface area contributed by atoms with Crippen LogP contribution in [0.1, 0.15) is 31.9 Å². The van der Waals surface area contributed by atoms with Crippen LogP contribution >= 0.6 is 11.6 Å². The van der Waals surface area contributed by atoms with Gasteiger partial charge in [0.15, 0.2) is 0 Å². The largest absolute Gasteiger partial charge is 0.326 e. The van der Waals surface area contributed by atoms with Crippen molar-refractivity contribution >= 4 is 21.6 Å². The lowest BCUT2D eigenvalue weighted by molar-refractivity contribution is 0.227. The number of hydrogen-bond donors (Lipinski definition) is 1. The van der Waals surface area contributed by atoms with Gasteiger partial charge in [0.25, 0.3) is 0 Å². The van der Waals surface area contributed by atoms with Crippen molar-refractivity contribution in [2.75, 3.05) is 6.54 Å². The lowest BCUT2D eigenvalue weighted by atomic mass is 10.00. The standard InChI is InChI=1S/C12H21ClN4O2S/c1-8(14)10-6-4-5-7-17(10)20(18,19)11-9(2)15-16(3)12(11)13/h8,10H,4-7,14H2,1-3H3/t8-,10+/m1/s1. The zero-order chi connectivity index (χ0) is 15.1. The summed E-state index contributed by atoms with van der Waals surface area (Å²) in [5.41, 5.74) is 6.38. The first-order valence-electron chi connectivity index (χ1n) is 6.73. The van der Waals surface area contributed by atoms with Crippen molar-refractivity contribution in [3.05, 3.63) is 10.8 Å². The van der Waals surface area contributed by atoms with E-state index in [1.54, 1.807) is 14.0 Å². The molecule has 0 bridgehead atoms. The minimum atomic E-state index is -3.66. The molecule has 1 aromatic rings. The van der Waals surface area contributed by atoms with Crippen molar-refractivity contribution in [1.29, 1.82) is 0 Å². The molecule has 2 heterocycles. The van der Waals surface area contributed by atoms with Gasteiger partial charge in [0, 0.05) is 25.7 Å². The zero-order valence-electron chi connectivity index (χ0n) is 12.0. The van der Waals surface area contributed by atoms with Gasteiger partial charge in [-0.05, 0) is 26.7 Å². The smallest absolute Gasteiger partial charge is 0.248 e. The second kappa shape index (κ2) is 5.63. The van der Waals surface area contributed by atoms with Gasteiger partial charge in [0.1, 0.15) is 10.0 Å². The van der Waals surface area contributed by atoms with Crippen LogP contribution in [0, 0.1) is 6.92 Å². The Hall–Kier alpha value is -0.630. The number of nitrogens with two attached hydrogens (primary N) is 1. The monoisotopic (exact) mass is 320 g/mol. The fourth-order valence-electron chi connectivity index (χ4n) is 2.78. The fraction of sp³-hybridized carbons (Fsp3) is 0.750. The van der Waals surface area contributed by atoms with Crippen molar-refractivity contribution in [2.24, 2.45) is 12.8 Å². The summed E-state index contributed by atoms with van der Waals surface area (Å²) in [6.45, 7) is 3.99. The van der Waals surface area contributed by atoms with E-state index in [1.807, 2.05) is 6.92 Å². The van der Waals surface area contributed by atoms with Crippen molar-refractivity contribution in [2.45, 2.75) is 50.1 Å². The van der Waals surface area contributed by atoms with Gasteiger partial charge in [0.2, 0.25) is 10.0 Å². The Morgan fingerprint density at radius 2 is 2.10 bits per heavy atom. The summed E-state index contributed by atoms with van der Waals surface area (Å²) < 4.78 is 28.7. The summed E-state index contributed by atoms with van der Waals surface area (Å²) in [5.74, 6) is 0. The van der Waals surface area contributed by atoms with Crippen LogP contribution in [-0.2, 0) is 17.1 Å². The maximum atomic E-state index is 12.9. The van der Waals surface area contributed by atoms with E-state index in [0.717, 1.165) is 19.3 Å². The Labute approximate surface area is 124 Å². The predicted octanol–water partition coefficient (Wildman–Crippen LogP) is 1.27. The van der Waals surface area contributed by atoms with E-state index in [1.165, 1.54) is 8.99 Å². The molecule has 0 radical (unpaired) electrons. The van der Waals surface area contributed by atoms with Gasteiger partial charge in [-0.3, -0.25) is 4.68 Å². The number of nitrogens with zero attached hydrogens (tertiary/aromatic N) is 3. The van der Waals surface area contributed by atoms with Gasteiger partial charge < -0.3 is 5.73 Å². The fourth-order valence-corrected chi connectivity index (χ4v) is 5.26. The number of piperidine rings is 1. The van der Waals surface area contributed by atoms with Gasteiger partial charge >= 0.3 is 0 Å². The molecule has 0 spiro atoms. The average Bonchev–Trinajstić information content (AvgIpc) is 2.63. The average molecular weight is 321 g/mol. The van der Waals surface area contributed by atoms with Crippen LogP contribution in [0.3, 0.4) is 0 Å². The third kappa shape index (κ3) is 2.59. The van der Waals surface area contributed by atoms with E-state index in [0.29, 0.717) is 12.2 Å². The molecule has 114 valence electrons. The molecule has 20 heavy (non-hydrogen) atoms. The van der Waals surface area contributed by atoms with Crippen LogP contribution in [-0.4, -0.2) is 41.1 Å². The second-order valence-corrected chi connectivity index (χ2v) is 7.55. The highest BCUT2D eigenvalue weighted by atomic mass is 35.5. The molecule has 6 nitrogen and oxygen atoms in total. The molecule has 2 N–H and O–H groups in total. The summed E-state index contributed by atoms with van der Waals surface area (Å²) in [4.78, 5) is 0.106. The summed E-state index contributed by atoms with van der Waals surface area (Å²) in [6.07, 6.45) is 2.63. The molecule has 0 saturated carbocycles. The van der Waals surface area contributed by atoms with Crippen molar-refractivity contribution in [3.63, 3.8) is 0 Å². The third-order valence-corrected chi connectivity index (χ3v) is 6.39. The van der Waals surface area contributed by atoms with Crippen LogP contribution in [0.4, 0.5) is 0 Å². The molecule has 0 amide bonds. The maximum Gasteiger partial charge on any atom is 0.248 e. The number of aryl methyl sites for hydroxylation is 2. The van der Waals surface area contributed by atoms with Gasteiger partial charge in [-0.1, -0.05) is 18.0 Å². The lowest BCUT2D eigenvalue weighted by Gasteiger charge is -2.36. The number of sulfonamides is 1. The van der Waals surface area contributed by atoms with E-state index in [9.17, 15) is 8.42 Å². The molecule has 1 fully saturated rings. The quantitative estimate of drug-likeness (QED) is 0.909. The molecule has 1 saturated heterocycles. The van der Waals surface area contributed by atoms with Crippen LogP contribution in [0.5, 0.6) is 0 Å². The molecule has 2 rings (SSSR count). The first-order valence-corrected chi connectivity index (χ1v) is 8.55. The van der Waals surface area contributed by atoms with Crippen molar-refractivity contribution in [3.8, 4) is 0 Å². The Morgan fingerprint density at radius 1 is 1.45 bits per heavy atom. The molecular weight excluding hydrogens is 300 g/mol. The molecule has 2 atom stereocenters. The van der Waals surface area contributed by atoms with Crippen LogP contribution in [0.15, 0.2) is 4.90 Å². The van der Waals surface area contributed by atoms with Gasteiger partial charge in [0.05, 0.1) is 5.69 Å². The third-order valence-electron chi connectivity index (χ3n) is 3.77. The highest BCUT2D eigenvalue weighted by molar-refractivity contribution is 7.89. The highest BCUT2D eigenvalue weighted by Gasteiger charge is 2.38. The molecule has 8 heteroatoms. The van der Waals surface area contributed by atoms with E-state index < -0.39 is 10.0 Å². The van der Waals surface area contributed by atoms with Gasteiger partial charge in [-0.25, -0.2) is 8.42 Å².